The van der Waals surface area contributed by atoms with Crippen molar-refractivity contribution in [3.63, 3.8) is 0 Å². The Balaban J connectivity index is 0.00000529. The van der Waals surface area contributed by atoms with Gasteiger partial charge in [-0.15, -0.1) is 12.4 Å². The quantitative estimate of drug-likeness (QED) is 0.399. The Labute approximate surface area is 148 Å². The Kier molecular flexibility index (Phi) is 8.59. The van der Waals surface area contributed by atoms with Gasteiger partial charge in [-0.3, -0.25) is 14.7 Å². The number of hydrogen-bond acceptors (Lipinski definition) is 6. The van der Waals surface area contributed by atoms with E-state index < -0.39 is 38.1 Å². The number of aromatic nitrogens is 2. The molecule has 1 aromatic rings. The van der Waals surface area contributed by atoms with Crippen LogP contribution in [0.2, 0.25) is 0 Å². The van der Waals surface area contributed by atoms with Crippen LogP contribution in [-0.2, 0) is 14.6 Å². The molecule has 0 aliphatic rings. The number of hydrogen-bond donors (Lipinski definition) is 3. The second kappa shape index (κ2) is 9.14. The number of carbonyl (C=O) groups is 2. The van der Waals surface area contributed by atoms with E-state index in [4.69, 9.17) is 11.5 Å². The zero-order chi connectivity index (χ0) is 17.7. The minimum Gasteiger partial charge on any atom is -0.368 e. The van der Waals surface area contributed by atoms with E-state index in [0.717, 1.165) is 0 Å². The van der Waals surface area contributed by atoms with Crippen LogP contribution in [0.3, 0.4) is 0 Å². The van der Waals surface area contributed by atoms with Gasteiger partial charge >= 0.3 is 0 Å². The van der Waals surface area contributed by atoms with Gasteiger partial charge in [0.2, 0.25) is 5.91 Å². The molecule has 1 heterocycles. The van der Waals surface area contributed by atoms with E-state index in [-0.39, 0.29) is 18.0 Å². The summed E-state index contributed by atoms with van der Waals surface area (Å²) < 4.78 is 25.3. The summed E-state index contributed by atoms with van der Waals surface area (Å²) in [4.78, 5) is 24.2. The zero-order valence-corrected chi connectivity index (χ0v) is 15.5. The van der Waals surface area contributed by atoms with Gasteiger partial charge in [0.05, 0.1) is 22.8 Å². The number of nitrogens with two attached hydrogens (primary N) is 2. The lowest BCUT2D eigenvalue weighted by molar-refractivity contribution is -0.120. The number of primary amides is 1. The molecule has 0 aliphatic carbocycles. The molecule has 0 saturated carbocycles. The van der Waals surface area contributed by atoms with E-state index in [1.807, 2.05) is 13.8 Å². The van der Waals surface area contributed by atoms with E-state index in [0.29, 0.717) is 25.7 Å². The summed E-state index contributed by atoms with van der Waals surface area (Å²) in [6.45, 7) is 3.75. The predicted molar refractivity (Wildman–Crippen MR) is 93.7 cm³/mol. The predicted octanol–water partition coefficient (Wildman–Crippen LogP) is 0.581. The van der Waals surface area contributed by atoms with Gasteiger partial charge in [0.15, 0.2) is 21.2 Å². The van der Waals surface area contributed by atoms with Crippen molar-refractivity contribution >= 4 is 33.9 Å². The molecule has 1 amide bonds. The third kappa shape index (κ3) is 5.02. The fraction of sp³-hybridized carbons (Fsp3) is 0.643. The number of ketones is 1. The number of nitrogens with zero attached hydrogens (tertiary/aromatic N) is 1. The average Bonchev–Trinajstić information content (AvgIpc) is 2.99. The van der Waals surface area contributed by atoms with Crippen molar-refractivity contribution in [3.8, 4) is 0 Å². The molecule has 1 aromatic heterocycles. The van der Waals surface area contributed by atoms with Crippen LogP contribution in [0.5, 0.6) is 0 Å². The Morgan fingerprint density at radius 3 is 2.21 bits per heavy atom. The van der Waals surface area contributed by atoms with Crippen molar-refractivity contribution in [1.29, 1.82) is 0 Å². The fourth-order valence-electron chi connectivity index (χ4n) is 2.46. The van der Waals surface area contributed by atoms with Crippen molar-refractivity contribution in [2.45, 2.75) is 50.3 Å². The molecule has 0 fully saturated rings. The highest BCUT2D eigenvalue weighted by molar-refractivity contribution is 7.92. The maximum absolute atomic E-state index is 12.6. The van der Waals surface area contributed by atoms with Crippen LogP contribution in [-0.4, -0.2) is 46.8 Å². The van der Waals surface area contributed by atoms with E-state index in [2.05, 4.69) is 10.2 Å². The SMILES string of the molecule is CCCC(CCC)S(=O)(=O)CC(N)(C(N)=O)C(=O)c1cn[nH]c1.Cl. The lowest BCUT2D eigenvalue weighted by Crippen LogP contribution is -2.63. The van der Waals surface area contributed by atoms with Gasteiger partial charge in [-0.25, -0.2) is 8.42 Å². The van der Waals surface area contributed by atoms with Crippen molar-refractivity contribution < 1.29 is 18.0 Å². The third-order valence-electron chi connectivity index (χ3n) is 3.76. The van der Waals surface area contributed by atoms with E-state index in [1.165, 1.54) is 12.4 Å². The van der Waals surface area contributed by atoms with Crippen LogP contribution in [0.15, 0.2) is 12.4 Å². The first-order valence-electron chi connectivity index (χ1n) is 7.53. The summed E-state index contributed by atoms with van der Waals surface area (Å²) in [5.74, 6) is -2.82. The van der Waals surface area contributed by atoms with Gasteiger partial charge in [0.1, 0.15) is 0 Å². The van der Waals surface area contributed by atoms with Crippen molar-refractivity contribution in [1.82, 2.24) is 10.2 Å². The molecule has 1 rings (SSSR count). The molecule has 0 radical (unpaired) electrons. The molecule has 0 aliphatic heterocycles. The third-order valence-corrected chi connectivity index (χ3v) is 6.11. The van der Waals surface area contributed by atoms with Gasteiger partial charge in [0.25, 0.3) is 0 Å². The van der Waals surface area contributed by atoms with Crippen LogP contribution in [0.25, 0.3) is 0 Å². The summed E-state index contributed by atoms with van der Waals surface area (Å²) in [7, 11) is -3.76. The van der Waals surface area contributed by atoms with Gasteiger partial charge < -0.3 is 11.5 Å². The van der Waals surface area contributed by atoms with Crippen LogP contribution >= 0.6 is 12.4 Å². The Morgan fingerprint density at radius 2 is 1.83 bits per heavy atom. The van der Waals surface area contributed by atoms with Crippen LogP contribution < -0.4 is 11.5 Å². The molecule has 0 spiro atoms. The fourth-order valence-corrected chi connectivity index (χ4v) is 4.80. The van der Waals surface area contributed by atoms with E-state index in [1.54, 1.807) is 0 Å². The topological polar surface area (TPSA) is 149 Å². The molecular formula is C14H25ClN4O4S. The first kappa shape index (κ1) is 22.6. The summed E-state index contributed by atoms with van der Waals surface area (Å²) in [5.41, 5.74) is 8.81. The molecule has 0 aromatic carbocycles. The molecular weight excluding hydrogens is 356 g/mol. The van der Waals surface area contributed by atoms with Crippen molar-refractivity contribution in [3.05, 3.63) is 18.0 Å². The number of carbonyl (C=O) groups excluding carboxylic acids is 2. The highest BCUT2D eigenvalue weighted by Crippen LogP contribution is 2.21. The smallest absolute Gasteiger partial charge is 0.246 e. The lowest BCUT2D eigenvalue weighted by atomic mass is 9.93. The van der Waals surface area contributed by atoms with Gasteiger partial charge in [0, 0.05) is 6.20 Å². The highest BCUT2D eigenvalue weighted by Gasteiger charge is 2.46. The molecule has 10 heteroatoms. The first-order chi connectivity index (χ1) is 10.7. The molecule has 138 valence electrons. The van der Waals surface area contributed by atoms with E-state index in [9.17, 15) is 18.0 Å². The Bertz CT molecular complexity index is 642. The van der Waals surface area contributed by atoms with Gasteiger partial charge in [-0.1, -0.05) is 26.7 Å². The molecule has 5 N–H and O–H groups in total. The lowest BCUT2D eigenvalue weighted by Gasteiger charge is -2.26. The minimum absolute atomic E-state index is 0. The van der Waals surface area contributed by atoms with E-state index >= 15 is 0 Å². The maximum atomic E-state index is 12.6. The van der Waals surface area contributed by atoms with Crippen LogP contribution in [0, 0.1) is 0 Å². The number of nitrogens with one attached hydrogen (secondary N) is 1. The molecule has 0 saturated heterocycles. The molecule has 24 heavy (non-hydrogen) atoms. The molecule has 1 unspecified atom stereocenters. The number of aromatic amines is 1. The Hall–Kier alpha value is -1.45. The van der Waals surface area contributed by atoms with Crippen LogP contribution in [0.1, 0.15) is 49.9 Å². The number of Topliss-reactive ketones (excluding diaryl/α,β-unsaturated/α-hetero) is 1. The van der Waals surface area contributed by atoms with Crippen LogP contribution in [0.4, 0.5) is 0 Å². The normalized spacial score (nSPS) is 14.0. The summed E-state index contributed by atoms with van der Waals surface area (Å²) in [6.07, 6.45) is 4.67. The molecule has 1 atom stereocenters. The monoisotopic (exact) mass is 380 g/mol. The maximum Gasteiger partial charge on any atom is 0.246 e. The molecule has 8 nitrogen and oxygen atoms in total. The highest BCUT2D eigenvalue weighted by atomic mass is 35.5. The second-order valence-electron chi connectivity index (χ2n) is 5.66. The average molecular weight is 381 g/mol. The number of rotatable bonds is 10. The first-order valence-corrected chi connectivity index (χ1v) is 9.24. The second-order valence-corrected chi connectivity index (χ2v) is 7.94. The zero-order valence-electron chi connectivity index (χ0n) is 13.8. The van der Waals surface area contributed by atoms with Crippen molar-refractivity contribution in [2.24, 2.45) is 11.5 Å². The molecule has 0 bridgehead atoms. The van der Waals surface area contributed by atoms with Crippen molar-refractivity contribution in [2.75, 3.05) is 5.75 Å². The number of sulfone groups is 1. The summed E-state index contributed by atoms with van der Waals surface area (Å²) in [5, 5.41) is 5.38. The van der Waals surface area contributed by atoms with Gasteiger partial charge in [-0.2, -0.15) is 5.10 Å². The van der Waals surface area contributed by atoms with Gasteiger partial charge in [-0.05, 0) is 12.8 Å². The Morgan fingerprint density at radius 1 is 1.29 bits per heavy atom. The number of H-pyrrole nitrogens is 1. The number of amides is 1. The standard InChI is InChI=1S/C14H24N4O4S.ClH/c1-3-5-11(6-4-2)23(21,22)9-14(16,13(15)20)12(19)10-7-17-18-8-10;/h7-8,11H,3-6,9,16H2,1-2H3,(H2,15,20)(H,17,18);1H. The minimum atomic E-state index is -3.76. The summed E-state index contributed by atoms with van der Waals surface area (Å²) in [6, 6.07) is 0. The summed E-state index contributed by atoms with van der Waals surface area (Å²) >= 11 is 0. The largest absolute Gasteiger partial charge is 0.368 e. The number of halogens is 1.